The molecule has 2 unspecified atom stereocenters. The molecule has 0 aliphatic heterocycles. The Morgan fingerprint density at radius 2 is 1.10 bits per heavy atom. The lowest BCUT2D eigenvalue weighted by Gasteiger charge is -2.11. The van der Waals surface area contributed by atoms with Gasteiger partial charge in [0, 0.05) is 0 Å². The quantitative estimate of drug-likeness (QED) is 0.352. The Kier molecular flexibility index (Phi) is 7.95. The van der Waals surface area contributed by atoms with Crippen LogP contribution < -0.4 is 0 Å². The smallest absolute Gasteiger partial charge is 0.320 e. The van der Waals surface area contributed by atoms with E-state index in [0.717, 1.165) is 14.2 Å². The number of ether oxygens (including phenoxy) is 2. The fourth-order valence-electron chi connectivity index (χ4n) is 1.67. The first-order chi connectivity index (χ1) is 9.34. The van der Waals surface area contributed by atoms with Gasteiger partial charge in [0.2, 0.25) is 0 Å². The van der Waals surface area contributed by atoms with Gasteiger partial charge in [0.25, 0.3) is 0 Å². The highest BCUT2D eigenvalue weighted by atomic mass is 16.5. The highest BCUT2D eigenvalue weighted by Gasteiger charge is 2.29. The van der Waals surface area contributed by atoms with Crippen molar-refractivity contribution in [3.05, 3.63) is 0 Å². The molecule has 0 spiro atoms. The maximum atomic E-state index is 11.2. The number of unbranched alkanes of at least 4 members (excludes halogenated alkanes) is 1. The second-order valence-electron chi connectivity index (χ2n) is 4.11. The monoisotopic (exact) mass is 290 g/mol. The molecule has 0 bridgehead atoms. The Morgan fingerprint density at radius 3 is 1.30 bits per heavy atom. The van der Waals surface area contributed by atoms with Crippen molar-refractivity contribution in [2.45, 2.75) is 25.7 Å². The number of esters is 2. The molecular weight excluding hydrogens is 272 g/mol. The molecule has 0 rings (SSSR count). The summed E-state index contributed by atoms with van der Waals surface area (Å²) in [5.41, 5.74) is 0. The third-order valence-electron chi connectivity index (χ3n) is 2.80. The van der Waals surface area contributed by atoms with Crippen LogP contribution in [-0.4, -0.2) is 48.3 Å². The minimum absolute atomic E-state index is 0.0233. The Labute approximate surface area is 115 Å². The Hall–Kier alpha value is -2.12. The van der Waals surface area contributed by atoms with Crippen molar-refractivity contribution >= 4 is 23.9 Å². The van der Waals surface area contributed by atoms with Crippen molar-refractivity contribution < 1.29 is 38.9 Å². The van der Waals surface area contributed by atoms with Gasteiger partial charge in [0.05, 0.1) is 14.2 Å². The number of rotatable bonds is 9. The van der Waals surface area contributed by atoms with Crippen LogP contribution in [0.1, 0.15) is 25.7 Å². The van der Waals surface area contributed by atoms with E-state index in [2.05, 4.69) is 9.47 Å². The summed E-state index contributed by atoms with van der Waals surface area (Å²) in [4.78, 5) is 44.0. The van der Waals surface area contributed by atoms with Crippen molar-refractivity contribution in [3.63, 3.8) is 0 Å². The van der Waals surface area contributed by atoms with E-state index in [4.69, 9.17) is 10.2 Å². The van der Waals surface area contributed by atoms with Crippen LogP contribution in [0, 0.1) is 11.8 Å². The average Bonchev–Trinajstić information content (AvgIpc) is 2.40. The summed E-state index contributed by atoms with van der Waals surface area (Å²) in [6.07, 6.45) is 0.616. The van der Waals surface area contributed by atoms with Gasteiger partial charge in [0.1, 0.15) is 0 Å². The van der Waals surface area contributed by atoms with Gasteiger partial charge in [-0.1, -0.05) is 12.8 Å². The van der Waals surface area contributed by atoms with Crippen LogP contribution in [-0.2, 0) is 28.7 Å². The van der Waals surface area contributed by atoms with Crippen LogP contribution in [0.3, 0.4) is 0 Å². The van der Waals surface area contributed by atoms with E-state index in [1.165, 1.54) is 0 Å². The van der Waals surface area contributed by atoms with Crippen LogP contribution >= 0.6 is 0 Å². The van der Waals surface area contributed by atoms with Crippen LogP contribution in [0.2, 0.25) is 0 Å². The fourth-order valence-corrected chi connectivity index (χ4v) is 1.67. The molecule has 2 atom stereocenters. The molecule has 0 aliphatic carbocycles. The summed E-state index contributed by atoms with van der Waals surface area (Å²) in [5.74, 6) is -6.83. The third-order valence-corrected chi connectivity index (χ3v) is 2.80. The molecule has 8 nitrogen and oxygen atoms in total. The van der Waals surface area contributed by atoms with Gasteiger partial charge in [-0.2, -0.15) is 0 Å². The summed E-state index contributed by atoms with van der Waals surface area (Å²) in [6.45, 7) is 0. The summed E-state index contributed by atoms with van der Waals surface area (Å²) >= 11 is 0. The first kappa shape index (κ1) is 17.9. The van der Waals surface area contributed by atoms with E-state index in [1.54, 1.807) is 0 Å². The van der Waals surface area contributed by atoms with Gasteiger partial charge >= 0.3 is 23.9 Å². The molecule has 0 aromatic heterocycles. The third kappa shape index (κ3) is 5.68. The van der Waals surface area contributed by atoms with Crippen molar-refractivity contribution in [1.82, 2.24) is 0 Å². The maximum Gasteiger partial charge on any atom is 0.320 e. The Balaban J connectivity index is 4.28. The number of carbonyl (C=O) groups is 4. The van der Waals surface area contributed by atoms with Crippen molar-refractivity contribution in [2.24, 2.45) is 11.8 Å². The van der Waals surface area contributed by atoms with E-state index < -0.39 is 35.7 Å². The topological polar surface area (TPSA) is 127 Å². The molecule has 0 heterocycles. The van der Waals surface area contributed by atoms with Gasteiger partial charge in [-0.3, -0.25) is 19.2 Å². The van der Waals surface area contributed by atoms with E-state index in [1.807, 2.05) is 0 Å². The molecule has 0 radical (unpaired) electrons. The van der Waals surface area contributed by atoms with Crippen molar-refractivity contribution in [1.29, 1.82) is 0 Å². The minimum Gasteiger partial charge on any atom is -0.481 e. The van der Waals surface area contributed by atoms with E-state index >= 15 is 0 Å². The zero-order chi connectivity index (χ0) is 15.7. The number of carboxylic acids is 2. The fraction of sp³-hybridized carbons (Fsp3) is 0.667. The molecule has 114 valence electrons. The number of carboxylic acid groups (broad SMARTS) is 2. The Bertz CT molecular complexity index is 340. The zero-order valence-electron chi connectivity index (χ0n) is 11.3. The molecule has 0 amide bonds. The first-order valence-corrected chi connectivity index (χ1v) is 5.96. The molecule has 2 N–H and O–H groups in total. The molecule has 8 heteroatoms. The molecule has 20 heavy (non-hydrogen) atoms. The number of methoxy groups -OCH3 is 2. The van der Waals surface area contributed by atoms with Crippen LogP contribution in [0.5, 0.6) is 0 Å². The van der Waals surface area contributed by atoms with Gasteiger partial charge < -0.3 is 19.7 Å². The molecule has 0 aromatic carbocycles. The minimum atomic E-state index is -1.29. The number of aliphatic carboxylic acids is 2. The summed E-state index contributed by atoms with van der Waals surface area (Å²) < 4.78 is 8.72. The second kappa shape index (κ2) is 8.89. The predicted molar refractivity (Wildman–Crippen MR) is 64.8 cm³/mol. The lowest BCUT2D eigenvalue weighted by molar-refractivity contribution is -0.159. The van der Waals surface area contributed by atoms with Crippen LogP contribution in [0.4, 0.5) is 0 Å². The predicted octanol–water partition coefficient (Wildman–Crippen LogP) is 0.294. The molecular formula is C12H18O8. The number of hydrogen-bond donors (Lipinski definition) is 2. The number of carbonyl (C=O) groups excluding carboxylic acids is 2. The summed E-state index contributed by atoms with van der Waals surface area (Å²) in [5, 5.41) is 17.7. The maximum absolute atomic E-state index is 11.2. The SMILES string of the molecule is COC(=O)C(CCCCC(C(=O)O)C(=O)OC)C(=O)O. The zero-order valence-corrected chi connectivity index (χ0v) is 11.3. The molecule has 0 aliphatic rings. The first-order valence-electron chi connectivity index (χ1n) is 5.96. The van der Waals surface area contributed by atoms with E-state index in [9.17, 15) is 19.2 Å². The van der Waals surface area contributed by atoms with Crippen LogP contribution in [0.25, 0.3) is 0 Å². The standard InChI is InChI=1S/C12H18O8/c1-19-11(17)7(9(13)14)5-3-4-6-8(10(15)16)12(18)20-2/h7-8H,3-6H2,1-2H3,(H,13,14)(H,15,16). The average molecular weight is 290 g/mol. The van der Waals surface area contributed by atoms with Crippen molar-refractivity contribution in [3.8, 4) is 0 Å². The summed E-state index contributed by atoms with van der Waals surface area (Å²) in [6, 6.07) is 0. The van der Waals surface area contributed by atoms with Gasteiger partial charge in [0.15, 0.2) is 11.8 Å². The van der Waals surface area contributed by atoms with E-state index in [0.29, 0.717) is 0 Å². The van der Waals surface area contributed by atoms with Gasteiger partial charge in [-0.05, 0) is 12.8 Å². The number of hydrogen-bond acceptors (Lipinski definition) is 6. The lowest BCUT2D eigenvalue weighted by atomic mass is 9.97. The highest BCUT2D eigenvalue weighted by molar-refractivity contribution is 5.94. The normalized spacial score (nSPS) is 13.1. The lowest BCUT2D eigenvalue weighted by Crippen LogP contribution is -2.26. The van der Waals surface area contributed by atoms with Gasteiger partial charge in [-0.25, -0.2) is 0 Å². The van der Waals surface area contributed by atoms with Crippen molar-refractivity contribution in [2.75, 3.05) is 14.2 Å². The largest absolute Gasteiger partial charge is 0.481 e. The Morgan fingerprint density at radius 1 is 0.800 bits per heavy atom. The second-order valence-corrected chi connectivity index (χ2v) is 4.11. The summed E-state index contributed by atoms with van der Waals surface area (Å²) in [7, 11) is 2.19. The van der Waals surface area contributed by atoms with Crippen LogP contribution in [0.15, 0.2) is 0 Å². The molecule has 0 aromatic rings. The molecule has 0 fully saturated rings. The molecule has 0 saturated carbocycles. The van der Waals surface area contributed by atoms with Gasteiger partial charge in [-0.15, -0.1) is 0 Å². The molecule has 0 saturated heterocycles. The highest BCUT2D eigenvalue weighted by Crippen LogP contribution is 2.16. The van der Waals surface area contributed by atoms with E-state index in [-0.39, 0.29) is 25.7 Å².